The predicted molar refractivity (Wildman–Crippen MR) is 95.0 cm³/mol. The van der Waals surface area contributed by atoms with E-state index in [2.05, 4.69) is 16.0 Å². The van der Waals surface area contributed by atoms with Gasteiger partial charge in [-0.1, -0.05) is 24.3 Å². The molecule has 0 N–H and O–H groups in total. The van der Waals surface area contributed by atoms with Gasteiger partial charge in [-0.3, -0.25) is 9.88 Å². The molecule has 1 aromatic carbocycles. The Balaban J connectivity index is 1.61. The van der Waals surface area contributed by atoms with Crippen LogP contribution in [-0.2, 0) is 11.3 Å². The minimum absolute atomic E-state index is 0.0636. The van der Waals surface area contributed by atoms with Gasteiger partial charge in [0.1, 0.15) is 5.75 Å². The molecular formula is C20H26N2O2. The summed E-state index contributed by atoms with van der Waals surface area (Å²) >= 11 is 0. The molecule has 0 radical (unpaired) electrons. The van der Waals surface area contributed by atoms with E-state index in [9.17, 15) is 0 Å². The third kappa shape index (κ3) is 4.56. The molecule has 0 aliphatic carbocycles. The van der Waals surface area contributed by atoms with Crippen molar-refractivity contribution in [1.29, 1.82) is 0 Å². The smallest absolute Gasteiger partial charge is 0.119 e. The number of hydrogen-bond acceptors (Lipinski definition) is 4. The number of rotatable bonds is 8. The molecule has 1 saturated heterocycles. The van der Waals surface area contributed by atoms with Gasteiger partial charge in [0, 0.05) is 37.5 Å². The standard InChI is InChI=1S/C20H26N2O2/c1-2-23-16-20(17-24-19-8-4-3-5-9-19)10-12-22(15-20)14-18-7-6-11-21-13-18/h3-9,11,13H,2,10,12,14-17H2,1H3. The number of benzene rings is 1. The summed E-state index contributed by atoms with van der Waals surface area (Å²) in [4.78, 5) is 6.69. The molecule has 1 aromatic heterocycles. The summed E-state index contributed by atoms with van der Waals surface area (Å²) in [5.41, 5.74) is 1.32. The molecule has 1 atom stereocenters. The van der Waals surface area contributed by atoms with Gasteiger partial charge >= 0.3 is 0 Å². The maximum absolute atomic E-state index is 6.07. The zero-order valence-corrected chi connectivity index (χ0v) is 14.4. The van der Waals surface area contributed by atoms with Gasteiger partial charge in [0.15, 0.2) is 0 Å². The average Bonchev–Trinajstić information content (AvgIpc) is 3.03. The third-order valence-corrected chi connectivity index (χ3v) is 4.55. The van der Waals surface area contributed by atoms with Crippen LogP contribution in [0.1, 0.15) is 18.9 Å². The summed E-state index contributed by atoms with van der Waals surface area (Å²) in [6.45, 7) is 7.24. The second-order valence-electron chi connectivity index (χ2n) is 6.56. The maximum atomic E-state index is 6.07. The van der Waals surface area contributed by atoms with Crippen LogP contribution in [0.2, 0.25) is 0 Å². The van der Waals surface area contributed by atoms with E-state index in [1.54, 1.807) is 0 Å². The molecule has 1 fully saturated rings. The summed E-state index contributed by atoms with van der Waals surface area (Å²) < 4.78 is 11.9. The molecule has 1 aliphatic heterocycles. The lowest BCUT2D eigenvalue weighted by Gasteiger charge is -2.29. The van der Waals surface area contributed by atoms with E-state index in [-0.39, 0.29) is 5.41 Å². The highest BCUT2D eigenvalue weighted by Gasteiger charge is 2.39. The van der Waals surface area contributed by atoms with E-state index in [1.807, 2.05) is 55.7 Å². The second kappa shape index (κ2) is 8.27. The van der Waals surface area contributed by atoms with Crippen molar-refractivity contribution < 1.29 is 9.47 Å². The monoisotopic (exact) mass is 326 g/mol. The van der Waals surface area contributed by atoms with Gasteiger partial charge in [0.05, 0.1) is 13.2 Å². The van der Waals surface area contributed by atoms with Crippen molar-refractivity contribution in [2.24, 2.45) is 5.41 Å². The van der Waals surface area contributed by atoms with Gasteiger partial charge in [-0.25, -0.2) is 0 Å². The van der Waals surface area contributed by atoms with Gasteiger partial charge in [-0.15, -0.1) is 0 Å². The molecule has 4 heteroatoms. The van der Waals surface area contributed by atoms with Crippen LogP contribution >= 0.6 is 0 Å². The van der Waals surface area contributed by atoms with Crippen LogP contribution in [0.4, 0.5) is 0 Å². The molecule has 1 unspecified atom stereocenters. The lowest BCUT2D eigenvalue weighted by Crippen LogP contribution is -2.37. The van der Waals surface area contributed by atoms with Gasteiger partial charge < -0.3 is 9.47 Å². The number of hydrogen-bond donors (Lipinski definition) is 0. The van der Waals surface area contributed by atoms with Crippen LogP contribution in [0.3, 0.4) is 0 Å². The van der Waals surface area contributed by atoms with Crippen LogP contribution < -0.4 is 4.74 Å². The molecule has 128 valence electrons. The van der Waals surface area contributed by atoms with E-state index < -0.39 is 0 Å². The van der Waals surface area contributed by atoms with Crippen LogP contribution in [0.25, 0.3) is 0 Å². The molecule has 0 amide bonds. The Labute approximate surface area is 144 Å². The number of pyridine rings is 1. The summed E-state index contributed by atoms with van der Waals surface area (Å²) in [5.74, 6) is 0.930. The lowest BCUT2D eigenvalue weighted by molar-refractivity contribution is 0.0234. The van der Waals surface area contributed by atoms with Crippen molar-refractivity contribution in [3.8, 4) is 5.75 Å². The summed E-state index contributed by atoms with van der Waals surface area (Å²) in [6, 6.07) is 14.2. The fraction of sp³-hybridized carbons (Fsp3) is 0.450. The fourth-order valence-electron chi connectivity index (χ4n) is 3.26. The van der Waals surface area contributed by atoms with Crippen molar-refractivity contribution in [1.82, 2.24) is 9.88 Å². The summed E-state index contributed by atoms with van der Waals surface area (Å²) in [5, 5.41) is 0. The van der Waals surface area contributed by atoms with E-state index >= 15 is 0 Å². The first-order valence-corrected chi connectivity index (χ1v) is 8.66. The number of ether oxygens (including phenoxy) is 2. The molecule has 4 nitrogen and oxygen atoms in total. The van der Waals surface area contributed by atoms with Crippen molar-refractivity contribution in [3.05, 3.63) is 60.4 Å². The molecule has 0 bridgehead atoms. The maximum Gasteiger partial charge on any atom is 0.119 e. The minimum Gasteiger partial charge on any atom is -0.493 e. The molecule has 0 spiro atoms. The van der Waals surface area contributed by atoms with E-state index in [4.69, 9.17) is 9.47 Å². The highest BCUT2D eigenvalue weighted by Crippen LogP contribution is 2.32. The Bertz CT molecular complexity index is 606. The number of nitrogens with zero attached hydrogens (tertiary/aromatic N) is 2. The van der Waals surface area contributed by atoms with Gasteiger partial charge in [0.25, 0.3) is 0 Å². The first-order chi connectivity index (χ1) is 11.8. The number of aromatic nitrogens is 1. The second-order valence-corrected chi connectivity index (χ2v) is 6.56. The lowest BCUT2D eigenvalue weighted by atomic mass is 9.89. The predicted octanol–water partition coefficient (Wildman–Crippen LogP) is 3.39. The molecule has 2 aromatic rings. The molecule has 0 saturated carbocycles. The zero-order valence-electron chi connectivity index (χ0n) is 14.4. The van der Waals surface area contributed by atoms with Crippen molar-refractivity contribution in [2.75, 3.05) is 32.9 Å². The van der Waals surface area contributed by atoms with Gasteiger partial charge in [-0.05, 0) is 43.7 Å². The quantitative estimate of drug-likeness (QED) is 0.745. The summed E-state index contributed by atoms with van der Waals surface area (Å²) in [6.07, 6.45) is 4.86. The first kappa shape index (κ1) is 16.9. The Morgan fingerprint density at radius 3 is 2.75 bits per heavy atom. The minimum atomic E-state index is 0.0636. The Kier molecular flexibility index (Phi) is 5.83. The summed E-state index contributed by atoms with van der Waals surface area (Å²) in [7, 11) is 0. The van der Waals surface area contributed by atoms with E-state index in [1.165, 1.54) is 5.56 Å². The van der Waals surface area contributed by atoms with E-state index in [0.29, 0.717) is 6.61 Å². The van der Waals surface area contributed by atoms with Crippen LogP contribution in [0.5, 0.6) is 5.75 Å². The van der Waals surface area contributed by atoms with E-state index in [0.717, 1.165) is 45.0 Å². The van der Waals surface area contributed by atoms with Crippen LogP contribution in [0, 0.1) is 5.41 Å². The molecule has 24 heavy (non-hydrogen) atoms. The molecule has 2 heterocycles. The van der Waals surface area contributed by atoms with Crippen LogP contribution in [0.15, 0.2) is 54.9 Å². The van der Waals surface area contributed by atoms with Crippen molar-refractivity contribution >= 4 is 0 Å². The highest BCUT2D eigenvalue weighted by molar-refractivity contribution is 5.21. The highest BCUT2D eigenvalue weighted by atomic mass is 16.5. The molecule has 1 aliphatic rings. The molecule has 3 rings (SSSR count). The van der Waals surface area contributed by atoms with Crippen molar-refractivity contribution in [2.45, 2.75) is 19.9 Å². The normalized spacial score (nSPS) is 21.0. The third-order valence-electron chi connectivity index (χ3n) is 4.55. The Morgan fingerprint density at radius 2 is 2.00 bits per heavy atom. The number of para-hydroxylation sites is 1. The SMILES string of the molecule is CCOCC1(COc2ccccc2)CCN(Cc2cccnc2)C1. The topological polar surface area (TPSA) is 34.6 Å². The first-order valence-electron chi connectivity index (χ1n) is 8.66. The average molecular weight is 326 g/mol. The van der Waals surface area contributed by atoms with Gasteiger partial charge in [-0.2, -0.15) is 0 Å². The van der Waals surface area contributed by atoms with Crippen molar-refractivity contribution in [3.63, 3.8) is 0 Å². The van der Waals surface area contributed by atoms with Gasteiger partial charge in [0.2, 0.25) is 0 Å². The molecular weight excluding hydrogens is 300 g/mol. The van der Waals surface area contributed by atoms with Crippen LogP contribution in [-0.4, -0.2) is 42.8 Å². The Hall–Kier alpha value is -1.91. The fourth-order valence-corrected chi connectivity index (χ4v) is 3.26. The Morgan fingerprint density at radius 1 is 1.12 bits per heavy atom. The largest absolute Gasteiger partial charge is 0.493 e. The number of likely N-dealkylation sites (tertiary alicyclic amines) is 1. The zero-order chi connectivity index (χ0) is 16.7.